The summed E-state index contributed by atoms with van der Waals surface area (Å²) in [6.45, 7) is 0.579. The molecule has 0 radical (unpaired) electrons. The van der Waals surface area contributed by atoms with Crippen molar-refractivity contribution in [2.75, 3.05) is 7.11 Å². The number of aromatic nitrogens is 1. The molecule has 1 aromatic rings. The summed E-state index contributed by atoms with van der Waals surface area (Å²) in [5, 5.41) is 0. The van der Waals surface area contributed by atoms with E-state index in [1.54, 1.807) is 7.11 Å². The highest BCUT2D eigenvalue weighted by Gasteiger charge is 1.82. The van der Waals surface area contributed by atoms with E-state index in [2.05, 4.69) is 0 Å². The van der Waals surface area contributed by atoms with E-state index in [-0.39, 0.29) is 0 Å². The van der Waals surface area contributed by atoms with Crippen molar-refractivity contribution >= 4 is 12.2 Å². The third kappa shape index (κ3) is 1.93. The van der Waals surface area contributed by atoms with E-state index in [1.165, 1.54) is 0 Å². The Morgan fingerprint density at radius 1 is 1.50 bits per heavy atom. The number of methoxy groups -OCH3 is 1. The molecule has 1 heterocycles. The first-order valence-corrected chi connectivity index (χ1v) is 3.39. The van der Waals surface area contributed by atoms with Crippen LogP contribution in [0.4, 0.5) is 0 Å². The second-order valence-corrected chi connectivity index (χ2v) is 2.44. The Morgan fingerprint density at radius 2 is 2.10 bits per heavy atom. The van der Waals surface area contributed by atoms with Gasteiger partial charge in [-0.15, -0.1) is 0 Å². The largest absolute Gasteiger partial charge is 0.364 e. The molecule has 1 rings (SSSR count). The first kappa shape index (κ1) is 7.44. The smallest absolute Gasteiger partial charge is 0.121 e. The van der Waals surface area contributed by atoms with Crippen LogP contribution in [0.5, 0.6) is 0 Å². The van der Waals surface area contributed by atoms with Gasteiger partial charge in [0.05, 0.1) is 0 Å². The average molecular weight is 155 g/mol. The number of ether oxygens (including phenoxy) is 1. The van der Waals surface area contributed by atoms with E-state index in [0.29, 0.717) is 6.73 Å². The molecule has 0 spiro atoms. The standard InChI is InChI=1S/C7H9NOS/c1-9-6-8-4-2-7(10)3-5-8/h2-5H,6H2,1H3. The molecule has 0 saturated heterocycles. The average Bonchev–Trinajstić information content (AvgIpc) is 1.95. The van der Waals surface area contributed by atoms with Gasteiger partial charge in [-0.05, 0) is 12.1 Å². The first-order chi connectivity index (χ1) is 4.83. The molecule has 0 amide bonds. The molecule has 54 valence electrons. The lowest BCUT2D eigenvalue weighted by Gasteiger charge is -2.01. The van der Waals surface area contributed by atoms with Crippen molar-refractivity contribution in [3.63, 3.8) is 0 Å². The first-order valence-electron chi connectivity index (χ1n) is 2.98. The quantitative estimate of drug-likeness (QED) is 0.605. The zero-order valence-electron chi connectivity index (χ0n) is 5.78. The van der Waals surface area contributed by atoms with Gasteiger partial charge >= 0.3 is 0 Å². The Balaban J connectivity index is 2.79. The van der Waals surface area contributed by atoms with Crippen LogP contribution in [0.25, 0.3) is 0 Å². The topological polar surface area (TPSA) is 14.2 Å². The summed E-state index contributed by atoms with van der Waals surface area (Å²) in [5.74, 6) is 0. The minimum absolute atomic E-state index is 0.579. The van der Waals surface area contributed by atoms with Gasteiger partial charge in [-0.3, -0.25) is 0 Å². The highest BCUT2D eigenvalue weighted by Crippen LogP contribution is 1.91. The van der Waals surface area contributed by atoms with E-state index < -0.39 is 0 Å². The number of hydrogen-bond donors (Lipinski definition) is 0. The van der Waals surface area contributed by atoms with Crippen molar-refractivity contribution in [1.82, 2.24) is 4.57 Å². The van der Waals surface area contributed by atoms with Gasteiger partial charge in [0.1, 0.15) is 6.73 Å². The third-order valence-corrected chi connectivity index (χ3v) is 1.41. The highest BCUT2D eigenvalue weighted by molar-refractivity contribution is 7.71. The number of hydrogen-bond acceptors (Lipinski definition) is 2. The van der Waals surface area contributed by atoms with Crippen LogP contribution in [-0.2, 0) is 11.5 Å². The predicted octanol–water partition coefficient (Wildman–Crippen LogP) is 1.82. The molecule has 0 aliphatic rings. The maximum absolute atomic E-state index is 4.90. The minimum atomic E-state index is 0.579. The number of pyridine rings is 1. The van der Waals surface area contributed by atoms with Crippen molar-refractivity contribution in [1.29, 1.82) is 0 Å². The van der Waals surface area contributed by atoms with Gasteiger partial charge in [-0.25, -0.2) is 0 Å². The molecule has 3 heteroatoms. The van der Waals surface area contributed by atoms with Crippen molar-refractivity contribution in [2.24, 2.45) is 0 Å². The molecule has 0 N–H and O–H groups in total. The van der Waals surface area contributed by atoms with E-state index in [1.807, 2.05) is 29.1 Å². The van der Waals surface area contributed by atoms with Crippen molar-refractivity contribution < 1.29 is 4.74 Å². The lowest BCUT2D eigenvalue weighted by Crippen LogP contribution is -1.97. The molecule has 0 saturated carbocycles. The van der Waals surface area contributed by atoms with Crippen LogP contribution in [0.3, 0.4) is 0 Å². The SMILES string of the molecule is COCn1ccc(=S)cc1. The van der Waals surface area contributed by atoms with Crippen LogP contribution in [0.15, 0.2) is 24.5 Å². The van der Waals surface area contributed by atoms with Gasteiger partial charge in [0, 0.05) is 24.0 Å². The molecule has 0 unspecified atom stereocenters. The Kier molecular flexibility index (Phi) is 2.59. The van der Waals surface area contributed by atoms with Crippen molar-refractivity contribution in [3.05, 3.63) is 29.0 Å². The highest BCUT2D eigenvalue weighted by atomic mass is 32.1. The van der Waals surface area contributed by atoms with E-state index >= 15 is 0 Å². The Bertz CT molecular complexity index is 236. The summed E-state index contributed by atoms with van der Waals surface area (Å²) in [6, 6.07) is 3.74. The van der Waals surface area contributed by atoms with Gasteiger partial charge < -0.3 is 9.30 Å². The number of rotatable bonds is 2. The summed E-state index contributed by atoms with van der Waals surface area (Å²) >= 11 is 4.90. The van der Waals surface area contributed by atoms with Gasteiger partial charge in [-0.2, -0.15) is 0 Å². The zero-order chi connectivity index (χ0) is 7.40. The van der Waals surface area contributed by atoms with E-state index in [4.69, 9.17) is 17.0 Å². The van der Waals surface area contributed by atoms with Crippen molar-refractivity contribution in [2.45, 2.75) is 6.73 Å². The molecule has 0 bridgehead atoms. The predicted molar refractivity (Wildman–Crippen MR) is 42.3 cm³/mol. The molecule has 0 aromatic carbocycles. The lowest BCUT2D eigenvalue weighted by molar-refractivity contribution is 0.130. The second kappa shape index (κ2) is 3.49. The minimum Gasteiger partial charge on any atom is -0.364 e. The van der Waals surface area contributed by atoms with Crippen LogP contribution < -0.4 is 0 Å². The van der Waals surface area contributed by atoms with Gasteiger partial charge in [0.2, 0.25) is 0 Å². The van der Waals surface area contributed by atoms with Gasteiger partial charge in [0.25, 0.3) is 0 Å². The van der Waals surface area contributed by atoms with E-state index in [0.717, 1.165) is 4.51 Å². The Morgan fingerprint density at radius 3 is 2.60 bits per heavy atom. The maximum Gasteiger partial charge on any atom is 0.121 e. The van der Waals surface area contributed by atoms with Gasteiger partial charge in [-0.1, -0.05) is 12.2 Å². The monoisotopic (exact) mass is 155 g/mol. The summed E-state index contributed by atoms with van der Waals surface area (Å²) in [5.41, 5.74) is 0. The number of nitrogens with zero attached hydrogens (tertiary/aromatic N) is 1. The molecular formula is C7H9NOS. The summed E-state index contributed by atoms with van der Waals surface area (Å²) < 4.78 is 7.66. The van der Waals surface area contributed by atoms with Crippen LogP contribution in [0.1, 0.15) is 0 Å². The second-order valence-electron chi connectivity index (χ2n) is 1.97. The molecule has 0 fully saturated rings. The zero-order valence-corrected chi connectivity index (χ0v) is 6.60. The third-order valence-electron chi connectivity index (χ3n) is 1.14. The van der Waals surface area contributed by atoms with Crippen LogP contribution in [0, 0.1) is 4.51 Å². The molecular weight excluding hydrogens is 146 g/mol. The summed E-state index contributed by atoms with van der Waals surface area (Å²) in [4.78, 5) is 0. The fourth-order valence-electron chi connectivity index (χ4n) is 0.679. The molecule has 2 nitrogen and oxygen atoms in total. The van der Waals surface area contributed by atoms with Crippen LogP contribution in [0.2, 0.25) is 0 Å². The summed E-state index contributed by atoms with van der Waals surface area (Å²) in [6.07, 6.45) is 3.79. The summed E-state index contributed by atoms with van der Waals surface area (Å²) in [7, 11) is 1.66. The lowest BCUT2D eigenvalue weighted by atomic mass is 10.5. The molecule has 10 heavy (non-hydrogen) atoms. The molecule has 0 aliphatic carbocycles. The molecule has 1 aromatic heterocycles. The Labute approximate surface area is 65.1 Å². The van der Waals surface area contributed by atoms with Crippen LogP contribution in [-0.4, -0.2) is 11.7 Å². The fourth-order valence-corrected chi connectivity index (χ4v) is 0.800. The molecule has 0 aliphatic heterocycles. The normalized spacial score (nSPS) is 9.70. The van der Waals surface area contributed by atoms with Crippen LogP contribution >= 0.6 is 12.2 Å². The fraction of sp³-hybridized carbons (Fsp3) is 0.286. The molecule has 0 atom stereocenters. The van der Waals surface area contributed by atoms with Gasteiger partial charge in [0.15, 0.2) is 0 Å². The van der Waals surface area contributed by atoms with Crippen molar-refractivity contribution in [3.8, 4) is 0 Å². The maximum atomic E-state index is 4.90. The Hall–Kier alpha value is -0.670. The van der Waals surface area contributed by atoms with E-state index in [9.17, 15) is 0 Å².